The summed E-state index contributed by atoms with van der Waals surface area (Å²) in [5, 5.41) is 10.1. The summed E-state index contributed by atoms with van der Waals surface area (Å²) in [6.07, 6.45) is 1.85. The van der Waals surface area contributed by atoms with Gasteiger partial charge < -0.3 is 15.2 Å². The van der Waals surface area contributed by atoms with Gasteiger partial charge in [-0.1, -0.05) is 5.16 Å². The molecule has 5 nitrogen and oxygen atoms in total. The molecule has 0 spiro atoms. The van der Waals surface area contributed by atoms with Crippen LogP contribution in [0.3, 0.4) is 0 Å². The highest BCUT2D eigenvalue weighted by molar-refractivity contribution is 5.78. The molecule has 1 aliphatic heterocycles. The van der Waals surface area contributed by atoms with Crippen molar-refractivity contribution in [3.05, 3.63) is 17.0 Å². The number of aryl methyl sites for hydroxylation is 2. The van der Waals surface area contributed by atoms with E-state index in [4.69, 9.17) is 4.52 Å². The molecule has 94 valence electrons. The van der Waals surface area contributed by atoms with Crippen molar-refractivity contribution >= 4 is 5.91 Å². The average molecular weight is 237 g/mol. The second-order valence-electron chi connectivity index (χ2n) is 4.54. The van der Waals surface area contributed by atoms with Crippen LogP contribution in [0.5, 0.6) is 0 Å². The number of hydrogen-bond acceptors (Lipinski definition) is 4. The fourth-order valence-corrected chi connectivity index (χ4v) is 2.16. The van der Waals surface area contributed by atoms with Crippen molar-refractivity contribution < 1.29 is 9.32 Å². The molecule has 2 N–H and O–H groups in total. The summed E-state index contributed by atoms with van der Waals surface area (Å²) in [4.78, 5) is 11.9. The minimum Gasteiger partial charge on any atom is -0.361 e. The highest BCUT2D eigenvalue weighted by Gasteiger charge is 2.21. The van der Waals surface area contributed by atoms with E-state index in [1.807, 2.05) is 13.8 Å². The summed E-state index contributed by atoms with van der Waals surface area (Å²) in [5.41, 5.74) is 1.85. The fourth-order valence-electron chi connectivity index (χ4n) is 2.16. The van der Waals surface area contributed by atoms with Crippen LogP contribution >= 0.6 is 0 Å². The van der Waals surface area contributed by atoms with Crippen LogP contribution < -0.4 is 10.6 Å². The zero-order chi connectivity index (χ0) is 12.3. The lowest BCUT2D eigenvalue weighted by Crippen LogP contribution is -2.38. The molecule has 1 aromatic rings. The average Bonchev–Trinajstić information content (AvgIpc) is 2.67. The third kappa shape index (κ3) is 2.85. The summed E-state index contributed by atoms with van der Waals surface area (Å²) in [6, 6.07) is 0. The van der Waals surface area contributed by atoms with Crippen LogP contribution in [0.4, 0.5) is 0 Å². The van der Waals surface area contributed by atoms with Crippen LogP contribution in [0.2, 0.25) is 0 Å². The Hall–Kier alpha value is -1.36. The van der Waals surface area contributed by atoms with Gasteiger partial charge in [-0.25, -0.2) is 0 Å². The second kappa shape index (κ2) is 5.31. The van der Waals surface area contributed by atoms with Gasteiger partial charge in [0.25, 0.3) is 0 Å². The maximum Gasteiger partial charge on any atom is 0.223 e. The summed E-state index contributed by atoms with van der Waals surface area (Å²) in [6.45, 7) is 6.14. The molecule has 0 aromatic carbocycles. The van der Waals surface area contributed by atoms with E-state index in [2.05, 4.69) is 15.8 Å². The third-order valence-electron chi connectivity index (χ3n) is 3.33. The lowest BCUT2D eigenvalue weighted by atomic mass is 9.97. The summed E-state index contributed by atoms with van der Waals surface area (Å²) >= 11 is 0. The Balaban J connectivity index is 1.87. The first-order valence-corrected chi connectivity index (χ1v) is 6.08. The number of carbonyl (C=O) groups is 1. The van der Waals surface area contributed by atoms with Crippen molar-refractivity contribution in [1.82, 2.24) is 15.8 Å². The van der Waals surface area contributed by atoms with Crippen LogP contribution in [0.15, 0.2) is 4.52 Å². The van der Waals surface area contributed by atoms with E-state index in [0.29, 0.717) is 6.54 Å². The predicted molar refractivity (Wildman–Crippen MR) is 63.4 cm³/mol. The van der Waals surface area contributed by atoms with E-state index in [-0.39, 0.29) is 11.8 Å². The van der Waals surface area contributed by atoms with Crippen molar-refractivity contribution in [1.29, 1.82) is 0 Å². The molecule has 0 atom stereocenters. The van der Waals surface area contributed by atoms with Crippen molar-refractivity contribution in [2.75, 3.05) is 13.1 Å². The molecule has 1 saturated heterocycles. The predicted octanol–water partition coefficient (Wildman–Crippen LogP) is 0.907. The van der Waals surface area contributed by atoms with Crippen LogP contribution in [0.1, 0.15) is 29.9 Å². The number of amides is 1. The molecule has 5 heteroatoms. The van der Waals surface area contributed by atoms with Crippen molar-refractivity contribution in [2.45, 2.75) is 33.2 Å². The molecule has 0 aliphatic carbocycles. The van der Waals surface area contributed by atoms with Crippen LogP contribution in [0, 0.1) is 19.8 Å². The zero-order valence-corrected chi connectivity index (χ0v) is 10.4. The van der Waals surface area contributed by atoms with Crippen molar-refractivity contribution in [2.24, 2.45) is 5.92 Å². The monoisotopic (exact) mass is 237 g/mol. The minimum absolute atomic E-state index is 0.145. The second-order valence-corrected chi connectivity index (χ2v) is 4.54. The number of rotatable bonds is 3. The number of nitrogens with one attached hydrogen (secondary N) is 2. The lowest BCUT2D eigenvalue weighted by Gasteiger charge is -2.21. The number of aromatic nitrogens is 1. The van der Waals surface area contributed by atoms with Gasteiger partial charge in [-0.2, -0.15) is 0 Å². The Labute approximate surface area is 101 Å². The first kappa shape index (κ1) is 12.1. The molecule has 1 aliphatic rings. The first-order valence-electron chi connectivity index (χ1n) is 6.08. The Bertz CT molecular complexity index is 375. The van der Waals surface area contributed by atoms with Gasteiger partial charge in [-0.3, -0.25) is 4.79 Å². The molecule has 17 heavy (non-hydrogen) atoms. The van der Waals surface area contributed by atoms with Crippen molar-refractivity contribution in [3.63, 3.8) is 0 Å². The summed E-state index contributed by atoms with van der Waals surface area (Å²) in [5.74, 6) is 1.08. The molecule has 0 unspecified atom stereocenters. The SMILES string of the molecule is Cc1noc(C)c1CNC(=O)C1CCNCC1. The van der Waals surface area contributed by atoms with Crippen LogP contribution in [-0.4, -0.2) is 24.2 Å². The Morgan fingerprint density at radius 1 is 1.47 bits per heavy atom. The number of hydrogen-bond donors (Lipinski definition) is 2. The fraction of sp³-hybridized carbons (Fsp3) is 0.667. The Morgan fingerprint density at radius 2 is 2.18 bits per heavy atom. The van der Waals surface area contributed by atoms with Gasteiger partial charge in [0.2, 0.25) is 5.91 Å². The number of nitrogens with zero attached hydrogens (tertiary/aromatic N) is 1. The van der Waals surface area contributed by atoms with Gasteiger partial charge in [-0.05, 0) is 39.8 Å². The largest absolute Gasteiger partial charge is 0.361 e. The van der Waals surface area contributed by atoms with E-state index in [1.165, 1.54) is 0 Å². The molecule has 0 radical (unpaired) electrons. The van der Waals surface area contributed by atoms with Gasteiger partial charge in [0, 0.05) is 18.0 Å². The van der Waals surface area contributed by atoms with Gasteiger partial charge in [0.1, 0.15) is 5.76 Å². The van der Waals surface area contributed by atoms with E-state index < -0.39 is 0 Å². The zero-order valence-electron chi connectivity index (χ0n) is 10.4. The molecule has 0 bridgehead atoms. The quantitative estimate of drug-likeness (QED) is 0.820. The molecule has 1 fully saturated rings. The van der Waals surface area contributed by atoms with E-state index >= 15 is 0 Å². The molecular formula is C12H19N3O2. The minimum atomic E-state index is 0.145. The third-order valence-corrected chi connectivity index (χ3v) is 3.33. The van der Waals surface area contributed by atoms with E-state index in [1.54, 1.807) is 0 Å². The van der Waals surface area contributed by atoms with Gasteiger partial charge in [0.15, 0.2) is 0 Å². The highest BCUT2D eigenvalue weighted by Crippen LogP contribution is 2.14. The molecular weight excluding hydrogens is 218 g/mol. The lowest BCUT2D eigenvalue weighted by molar-refractivity contribution is -0.125. The smallest absolute Gasteiger partial charge is 0.223 e. The van der Waals surface area contributed by atoms with Crippen molar-refractivity contribution in [3.8, 4) is 0 Å². The van der Waals surface area contributed by atoms with E-state index in [0.717, 1.165) is 42.9 Å². The number of carbonyl (C=O) groups excluding carboxylic acids is 1. The normalized spacial score (nSPS) is 17.1. The molecule has 1 amide bonds. The molecule has 0 saturated carbocycles. The molecule has 1 aromatic heterocycles. The van der Waals surface area contributed by atoms with E-state index in [9.17, 15) is 4.79 Å². The van der Waals surface area contributed by atoms with Gasteiger partial charge >= 0.3 is 0 Å². The number of piperidine rings is 1. The Morgan fingerprint density at radius 3 is 2.76 bits per heavy atom. The van der Waals surface area contributed by atoms with Gasteiger partial charge in [0.05, 0.1) is 5.69 Å². The topological polar surface area (TPSA) is 67.2 Å². The summed E-state index contributed by atoms with van der Waals surface area (Å²) < 4.78 is 5.06. The van der Waals surface area contributed by atoms with Gasteiger partial charge in [-0.15, -0.1) is 0 Å². The van der Waals surface area contributed by atoms with Crippen LogP contribution in [-0.2, 0) is 11.3 Å². The summed E-state index contributed by atoms with van der Waals surface area (Å²) in [7, 11) is 0. The highest BCUT2D eigenvalue weighted by atomic mass is 16.5. The maximum atomic E-state index is 11.9. The maximum absolute atomic E-state index is 11.9. The van der Waals surface area contributed by atoms with Crippen LogP contribution in [0.25, 0.3) is 0 Å². The standard InChI is InChI=1S/C12H19N3O2/c1-8-11(9(2)17-15-8)7-14-12(16)10-3-5-13-6-4-10/h10,13H,3-7H2,1-2H3,(H,14,16). The molecule has 2 rings (SSSR count). The Kier molecular flexibility index (Phi) is 3.78. The first-order chi connectivity index (χ1) is 8.18. The molecule has 2 heterocycles.